The number of azide groups is 1. The highest BCUT2D eigenvalue weighted by molar-refractivity contribution is 5.86. The van der Waals surface area contributed by atoms with E-state index in [0.29, 0.717) is 64.8 Å². The molecule has 2 atom stereocenters. The fourth-order valence-corrected chi connectivity index (χ4v) is 3.37. The summed E-state index contributed by atoms with van der Waals surface area (Å²) in [6, 6.07) is -1.22. The Morgan fingerprint density at radius 2 is 1.21 bits per heavy atom. The molecule has 3 amide bonds. The van der Waals surface area contributed by atoms with Gasteiger partial charge in [0.15, 0.2) is 0 Å². The first-order chi connectivity index (χ1) is 16.9. The molecule has 0 aliphatic heterocycles. The van der Waals surface area contributed by atoms with Gasteiger partial charge < -0.3 is 38.5 Å². The number of carbonyl (C=O) groups is 3. The van der Waals surface area contributed by atoms with Crippen LogP contribution in [0.1, 0.15) is 64.2 Å². The van der Waals surface area contributed by atoms with Crippen molar-refractivity contribution in [1.29, 1.82) is 0 Å². The molecule has 0 aromatic heterocycles. The minimum atomic E-state index is -0.609. The molecule has 17 heteroatoms. The van der Waals surface area contributed by atoms with E-state index in [1.165, 1.54) is 0 Å². The third kappa shape index (κ3) is 26.7. The topological polar surface area (TPSA) is 231 Å². The molecule has 234 valence electrons. The van der Waals surface area contributed by atoms with Crippen LogP contribution in [0, 0.1) is 0 Å². The van der Waals surface area contributed by atoms with Gasteiger partial charge in [0.25, 0.3) is 0 Å². The van der Waals surface area contributed by atoms with Crippen molar-refractivity contribution in [3.05, 3.63) is 10.4 Å². The number of nitrogens with one attached hydrogen (secondary N) is 2. The fraction of sp³-hybridized carbons (Fsp3) is 0.864. The van der Waals surface area contributed by atoms with Gasteiger partial charge in [-0.25, -0.2) is 0 Å². The van der Waals surface area contributed by atoms with E-state index in [1.54, 1.807) is 4.90 Å². The van der Waals surface area contributed by atoms with Gasteiger partial charge in [0.2, 0.25) is 17.7 Å². The van der Waals surface area contributed by atoms with Crippen LogP contribution in [0.4, 0.5) is 0 Å². The van der Waals surface area contributed by atoms with Gasteiger partial charge in [0.05, 0.1) is 12.1 Å². The summed E-state index contributed by atoms with van der Waals surface area (Å²) in [4.78, 5) is 41.5. The Labute approximate surface area is 257 Å². The van der Waals surface area contributed by atoms with Crippen LogP contribution in [0.5, 0.6) is 0 Å². The Kier molecular flexibility index (Phi) is 40.1. The number of rotatable bonds is 22. The van der Waals surface area contributed by atoms with E-state index in [2.05, 4.69) is 20.7 Å². The molecule has 0 bridgehead atoms. The molecule has 0 aliphatic carbocycles. The van der Waals surface area contributed by atoms with Gasteiger partial charge in [-0.05, 0) is 57.1 Å². The molecule has 0 aromatic rings. The standard InChI is InChI=1S/C22H46N10O3.4ClH/c23-11-5-3-8-18(25)21(34)28-14-16-32(20(33)10-2-1-7-13-30-31-27)17-15-29-22(35)19(26)9-4-6-12-24;;;;/h18-19H,1-17,23-26H2,(H,28,34)(H,29,35);4*1H/t18-,19-;;;;/m0..../s1. The minimum Gasteiger partial charge on any atom is -0.353 e. The molecule has 0 radical (unpaired) electrons. The Morgan fingerprint density at radius 3 is 1.62 bits per heavy atom. The minimum absolute atomic E-state index is 0. The van der Waals surface area contributed by atoms with Crippen LogP contribution in [0.25, 0.3) is 10.4 Å². The first-order valence-corrected chi connectivity index (χ1v) is 12.6. The molecule has 0 saturated heterocycles. The van der Waals surface area contributed by atoms with E-state index in [0.717, 1.165) is 32.1 Å². The Hall–Kier alpha value is -1.28. The van der Waals surface area contributed by atoms with E-state index in [4.69, 9.17) is 28.5 Å². The largest absolute Gasteiger partial charge is 0.353 e. The van der Waals surface area contributed by atoms with Crippen LogP contribution >= 0.6 is 49.6 Å². The monoisotopic (exact) mass is 642 g/mol. The summed E-state index contributed by atoms with van der Waals surface area (Å²) in [5, 5.41) is 9.04. The quantitative estimate of drug-likeness (QED) is 0.0440. The molecule has 0 fully saturated rings. The molecule has 0 unspecified atom stereocenters. The number of hydrogen-bond acceptors (Lipinski definition) is 8. The Morgan fingerprint density at radius 1 is 0.744 bits per heavy atom. The van der Waals surface area contributed by atoms with Crippen molar-refractivity contribution in [2.45, 2.75) is 76.3 Å². The number of carbonyl (C=O) groups excluding carboxylic acids is 3. The van der Waals surface area contributed by atoms with Gasteiger partial charge in [-0.2, -0.15) is 0 Å². The lowest BCUT2D eigenvalue weighted by Gasteiger charge is -2.24. The second-order valence-electron chi connectivity index (χ2n) is 8.51. The van der Waals surface area contributed by atoms with Crippen LogP contribution in [0.3, 0.4) is 0 Å². The molecule has 0 spiro atoms. The van der Waals surface area contributed by atoms with Crippen molar-refractivity contribution in [2.75, 3.05) is 45.8 Å². The summed E-state index contributed by atoms with van der Waals surface area (Å²) in [6.45, 7) is 2.66. The number of nitrogens with two attached hydrogens (primary N) is 4. The summed E-state index contributed by atoms with van der Waals surface area (Å²) in [7, 11) is 0. The molecule has 0 heterocycles. The van der Waals surface area contributed by atoms with Crippen LogP contribution in [-0.4, -0.2) is 80.5 Å². The zero-order valence-electron chi connectivity index (χ0n) is 22.6. The van der Waals surface area contributed by atoms with Crippen molar-refractivity contribution >= 4 is 67.3 Å². The molecule has 0 rings (SSSR count). The Bertz CT molecular complexity index is 628. The third-order valence-corrected chi connectivity index (χ3v) is 5.54. The lowest BCUT2D eigenvalue weighted by Crippen LogP contribution is -2.47. The highest BCUT2D eigenvalue weighted by Gasteiger charge is 2.17. The molecule has 0 aliphatic rings. The lowest BCUT2D eigenvalue weighted by molar-refractivity contribution is -0.132. The predicted octanol–water partition coefficient (Wildman–Crippen LogP) is 1.52. The third-order valence-electron chi connectivity index (χ3n) is 5.54. The van der Waals surface area contributed by atoms with Crippen molar-refractivity contribution in [3.8, 4) is 0 Å². The average molecular weight is 645 g/mol. The first-order valence-electron chi connectivity index (χ1n) is 12.6. The highest BCUT2D eigenvalue weighted by atomic mass is 35.5. The Balaban J connectivity index is -0.000000963. The lowest BCUT2D eigenvalue weighted by atomic mass is 10.1. The van der Waals surface area contributed by atoms with Crippen molar-refractivity contribution in [1.82, 2.24) is 15.5 Å². The van der Waals surface area contributed by atoms with Gasteiger partial charge in [-0.15, -0.1) is 49.6 Å². The zero-order valence-corrected chi connectivity index (χ0v) is 25.9. The van der Waals surface area contributed by atoms with Crippen LogP contribution in [0.15, 0.2) is 5.11 Å². The second-order valence-corrected chi connectivity index (χ2v) is 8.51. The van der Waals surface area contributed by atoms with Gasteiger partial charge >= 0.3 is 0 Å². The fourth-order valence-electron chi connectivity index (χ4n) is 3.37. The average Bonchev–Trinajstić information content (AvgIpc) is 2.84. The summed E-state index contributed by atoms with van der Waals surface area (Å²) in [5.41, 5.74) is 31.1. The normalized spacial score (nSPS) is 11.1. The van der Waals surface area contributed by atoms with E-state index >= 15 is 0 Å². The van der Waals surface area contributed by atoms with E-state index < -0.39 is 12.1 Å². The summed E-state index contributed by atoms with van der Waals surface area (Å²) in [5.74, 6) is -0.592. The number of amides is 3. The molecule has 0 saturated carbocycles. The summed E-state index contributed by atoms with van der Waals surface area (Å²) in [6.07, 6.45) is 6.77. The maximum Gasteiger partial charge on any atom is 0.236 e. The van der Waals surface area contributed by atoms with Crippen LogP contribution in [0.2, 0.25) is 0 Å². The number of halogens is 4. The molecule has 39 heavy (non-hydrogen) atoms. The number of nitrogens with zero attached hydrogens (tertiary/aromatic N) is 4. The molecular weight excluding hydrogens is 594 g/mol. The number of hydrogen-bond donors (Lipinski definition) is 6. The molecule has 13 nitrogen and oxygen atoms in total. The van der Waals surface area contributed by atoms with E-state index in [9.17, 15) is 14.4 Å². The van der Waals surface area contributed by atoms with Crippen molar-refractivity contribution < 1.29 is 14.4 Å². The van der Waals surface area contributed by atoms with Crippen molar-refractivity contribution in [3.63, 3.8) is 0 Å². The van der Waals surface area contributed by atoms with Gasteiger partial charge in [-0.1, -0.05) is 24.4 Å². The zero-order chi connectivity index (χ0) is 26.3. The molecule has 0 aromatic carbocycles. The summed E-state index contributed by atoms with van der Waals surface area (Å²) < 4.78 is 0. The second kappa shape index (κ2) is 32.9. The first kappa shape index (κ1) is 47.5. The molecular formula is C22H50Cl4N10O3. The smallest absolute Gasteiger partial charge is 0.236 e. The van der Waals surface area contributed by atoms with E-state index in [1.807, 2.05) is 0 Å². The van der Waals surface area contributed by atoms with Crippen molar-refractivity contribution in [2.24, 2.45) is 28.0 Å². The summed E-state index contributed by atoms with van der Waals surface area (Å²) >= 11 is 0. The van der Waals surface area contributed by atoms with E-state index in [-0.39, 0.29) is 80.4 Å². The van der Waals surface area contributed by atoms with Gasteiger partial charge in [-0.3, -0.25) is 14.4 Å². The maximum atomic E-state index is 12.7. The maximum absolute atomic E-state index is 12.7. The predicted molar refractivity (Wildman–Crippen MR) is 166 cm³/mol. The highest BCUT2D eigenvalue weighted by Crippen LogP contribution is 2.05. The van der Waals surface area contributed by atoms with Crippen LogP contribution < -0.4 is 33.6 Å². The van der Waals surface area contributed by atoms with Gasteiger partial charge in [0, 0.05) is 44.1 Å². The molecule has 10 N–H and O–H groups in total. The number of unbranched alkanes of at least 4 members (excludes halogenated alkanes) is 4. The SMILES string of the molecule is Cl.Cl.Cl.Cl.[N-]=[N+]=NCCCCCC(=O)N(CCNC(=O)[C@@H](N)CCCCN)CCNC(=O)[C@@H](N)CCCCN. The van der Waals surface area contributed by atoms with Crippen LogP contribution in [-0.2, 0) is 14.4 Å². The van der Waals surface area contributed by atoms with Gasteiger partial charge in [0.1, 0.15) is 0 Å².